The highest BCUT2D eigenvalue weighted by Gasteiger charge is 2.21. The second kappa shape index (κ2) is 7.68. The Kier molecular flexibility index (Phi) is 5.90. The molecule has 1 aliphatic rings. The number of para-hydroxylation sites is 1. The van der Waals surface area contributed by atoms with Gasteiger partial charge in [-0.05, 0) is 37.4 Å². The molecule has 2 rings (SSSR count). The minimum Gasteiger partial charge on any atom is -0.371 e. The van der Waals surface area contributed by atoms with Crippen molar-refractivity contribution in [1.82, 2.24) is 5.32 Å². The third-order valence-electron chi connectivity index (χ3n) is 4.67. The van der Waals surface area contributed by atoms with Crippen LogP contribution in [0.15, 0.2) is 24.3 Å². The van der Waals surface area contributed by atoms with Crippen molar-refractivity contribution >= 4 is 5.69 Å². The minimum atomic E-state index is 0.474. The summed E-state index contributed by atoms with van der Waals surface area (Å²) in [7, 11) is 2.29. The van der Waals surface area contributed by atoms with E-state index in [4.69, 9.17) is 0 Å². The molecule has 1 N–H and O–H groups in total. The quantitative estimate of drug-likeness (QED) is 0.820. The highest BCUT2D eigenvalue weighted by atomic mass is 15.1. The topological polar surface area (TPSA) is 15.3 Å². The monoisotopic (exact) mass is 274 g/mol. The number of hydrogen-bond donors (Lipinski definition) is 1. The molecule has 112 valence electrons. The maximum atomic E-state index is 3.62. The average Bonchev–Trinajstić information content (AvgIpc) is 2.53. The molecule has 0 saturated heterocycles. The Labute approximate surface area is 124 Å². The summed E-state index contributed by atoms with van der Waals surface area (Å²) in [5, 5.41) is 3.62. The third-order valence-corrected chi connectivity index (χ3v) is 4.67. The molecule has 0 amide bonds. The van der Waals surface area contributed by atoms with Crippen LogP contribution in [0, 0.1) is 0 Å². The lowest BCUT2D eigenvalue weighted by Crippen LogP contribution is -2.35. The lowest BCUT2D eigenvalue weighted by molar-refractivity contribution is 0.425. The van der Waals surface area contributed by atoms with Gasteiger partial charge in [0.2, 0.25) is 0 Å². The van der Waals surface area contributed by atoms with Crippen LogP contribution in [0.3, 0.4) is 0 Å². The van der Waals surface area contributed by atoms with Gasteiger partial charge in [-0.15, -0.1) is 0 Å². The van der Waals surface area contributed by atoms with Gasteiger partial charge in [-0.1, -0.05) is 51.3 Å². The largest absolute Gasteiger partial charge is 0.371 e. The number of rotatable bonds is 6. The molecular formula is C18H30N2. The Morgan fingerprint density at radius 2 is 1.85 bits per heavy atom. The van der Waals surface area contributed by atoms with E-state index >= 15 is 0 Å². The first-order valence-electron chi connectivity index (χ1n) is 8.33. The van der Waals surface area contributed by atoms with Crippen LogP contribution in [-0.2, 0) is 0 Å². The van der Waals surface area contributed by atoms with Gasteiger partial charge in [0, 0.05) is 24.8 Å². The highest BCUT2D eigenvalue weighted by molar-refractivity contribution is 5.55. The summed E-state index contributed by atoms with van der Waals surface area (Å²) in [6.07, 6.45) is 8.04. The first kappa shape index (κ1) is 15.4. The van der Waals surface area contributed by atoms with Gasteiger partial charge in [0.25, 0.3) is 0 Å². The van der Waals surface area contributed by atoms with E-state index in [1.165, 1.54) is 43.4 Å². The number of benzene rings is 1. The van der Waals surface area contributed by atoms with Crippen LogP contribution in [0.5, 0.6) is 0 Å². The fraction of sp³-hybridized carbons (Fsp3) is 0.667. The molecule has 1 aromatic rings. The maximum Gasteiger partial charge on any atom is 0.0414 e. The lowest BCUT2D eigenvalue weighted by Gasteiger charge is -2.35. The second-order valence-corrected chi connectivity index (χ2v) is 5.98. The molecule has 2 heteroatoms. The van der Waals surface area contributed by atoms with E-state index in [1.807, 2.05) is 0 Å². The van der Waals surface area contributed by atoms with Crippen LogP contribution >= 0.6 is 0 Å². The van der Waals surface area contributed by atoms with Crippen molar-refractivity contribution in [2.24, 2.45) is 0 Å². The Hall–Kier alpha value is -1.02. The molecule has 2 nitrogen and oxygen atoms in total. The van der Waals surface area contributed by atoms with Crippen molar-refractivity contribution in [3.05, 3.63) is 29.8 Å². The van der Waals surface area contributed by atoms with Gasteiger partial charge in [-0.25, -0.2) is 0 Å². The zero-order valence-corrected chi connectivity index (χ0v) is 13.4. The molecule has 0 radical (unpaired) electrons. The highest BCUT2D eigenvalue weighted by Crippen LogP contribution is 2.32. The molecule has 1 unspecified atom stereocenters. The molecule has 0 bridgehead atoms. The Morgan fingerprint density at radius 1 is 1.15 bits per heavy atom. The standard InChI is InChI=1S/C18H30N2/c1-4-17(19-5-2)16-13-9-10-14-18(16)20(3)15-11-7-6-8-12-15/h9-10,13-15,17,19H,4-8,11-12H2,1-3H3. The van der Waals surface area contributed by atoms with E-state index in [1.54, 1.807) is 0 Å². The molecule has 1 atom stereocenters. The van der Waals surface area contributed by atoms with Crippen molar-refractivity contribution in [3.8, 4) is 0 Å². The van der Waals surface area contributed by atoms with Crippen molar-refractivity contribution in [2.75, 3.05) is 18.5 Å². The smallest absolute Gasteiger partial charge is 0.0414 e. The summed E-state index contributed by atoms with van der Waals surface area (Å²) in [4.78, 5) is 2.54. The minimum absolute atomic E-state index is 0.474. The predicted octanol–water partition coefficient (Wildman–Crippen LogP) is 4.52. The van der Waals surface area contributed by atoms with Crippen molar-refractivity contribution in [3.63, 3.8) is 0 Å². The predicted molar refractivity (Wildman–Crippen MR) is 88.4 cm³/mol. The molecule has 1 aliphatic carbocycles. The first-order valence-corrected chi connectivity index (χ1v) is 8.33. The third kappa shape index (κ3) is 3.54. The van der Waals surface area contributed by atoms with Crippen LogP contribution in [0.4, 0.5) is 5.69 Å². The summed E-state index contributed by atoms with van der Waals surface area (Å²) in [6.45, 7) is 5.49. The maximum absolute atomic E-state index is 3.62. The van der Waals surface area contributed by atoms with E-state index in [2.05, 4.69) is 55.4 Å². The number of hydrogen-bond acceptors (Lipinski definition) is 2. The van der Waals surface area contributed by atoms with Crippen LogP contribution in [0.2, 0.25) is 0 Å². The number of nitrogens with zero attached hydrogens (tertiary/aromatic N) is 1. The molecule has 0 aliphatic heterocycles. The van der Waals surface area contributed by atoms with Crippen LogP contribution in [0.25, 0.3) is 0 Å². The SMILES string of the molecule is CCNC(CC)c1ccccc1N(C)C1CCCCC1. The van der Waals surface area contributed by atoms with Crippen molar-refractivity contribution in [2.45, 2.75) is 64.5 Å². The van der Waals surface area contributed by atoms with Gasteiger partial charge < -0.3 is 10.2 Å². The van der Waals surface area contributed by atoms with E-state index in [0.717, 1.165) is 19.0 Å². The molecule has 1 aromatic carbocycles. The molecule has 20 heavy (non-hydrogen) atoms. The average molecular weight is 274 g/mol. The van der Waals surface area contributed by atoms with Gasteiger partial charge >= 0.3 is 0 Å². The summed E-state index contributed by atoms with van der Waals surface area (Å²) in [6, 6.07) is 10.1. The zero-order chi connectivity index (χ0) is 14.4. The van der Waals surface area contributed by atoms with Gasteiger partial charge in [0.15, 0.2) is 0 Å². The van der Waals surface area contributed by atoms with Crippen LogP contribution < -0.4 is 10.2 Å². The van der Waals surface area contributed by atoms with Crippen LogP contribution in [0.1, 0.15) is 64.0 Å². The molecule has 0 spiro atoms. The summed E-state index contributed by atoms with van der Waals surface area (Å²) >= 11 is 0. The van der Waals surface area contributed by atoms with Crippen molar-refractivity contribution < 1.29 is 0 Å². The molecule has 1 saturated carbocycles. The van der Waals surface area contributed by atoms with E-state index in [9.17, 15) is 0 Å². The second-order valence-electron chi connectivity index (χ2n) is 5.98. The van der Waals surface area contributed by atoms with Gasteiger partial charge in [0.1, 0.15) is 0 Å². The Balaban J connectivity index is 2.21. The fourth-order valence-corrected chi connectivity index (χ4v) is 3.49. The van der Waals surface area contributed by atoms with Gasteiger partial charge in [-0.3, -0.25) is 0 Å². The molecule has 0 heterocycles. The van der Waals surface area contributed by atoms with E-state index < -0.39 is 0 Å². The lowest BCUT2D eigenvalue weighted by atomic mass is 9.93. The summed E-state index contributed by atoms with van der Waals surface area (Å²) in [5.41, 5.74) is 2.89. The normalized spacial score (nSPS) is 17.9. The first-order chi connectivity index (χ1) is 9.77. The summed E-state index contributed by atoms with van der Waals surface area (Å²) in [5.74, 6) is 0. The van der Waals surface area contributed by atoms with Crippen LogP contribution in [-0.4, -0.2) is 19.6 Å². The van der Waals surface area contributed by atoms with E-state index in [-0.39, 0.29) is 0 Å². The zero-order valence-electron chi connectivity index (χ0n) is 13.4. The van der Waals surface area contributed by atoms with E-state index in [0.29, 0.717) is 6.04 Å². The number of nitrogens with one attached hydrogen (secondary N) is 1. The fourth-order valence-electron chi connectivity index (χ4n) is 3.49. The van der Waals surface area contributed by atoms with Gasteiger partial charge in [0.05, 0.1) is 0 Å². The number of anilines is 1. The molecule has 1 fully saturated rings. The molecular weight excluding hydrogens is 244 g/mol. The van der Waals surface area contributed by atoms with Crippen molar-refractivity contribution in [1.29, 1.82) is 0 Å². The summed E-state index contributed by atoms with van der Waals surface area (Å²) < 4.78 is 0. The Morgan fingerprint density at radius 3 is 2.50 bits per heavy atom. The Bertz CT molecular complexity index is 396. The van der Waals surface area contributed by atoms with Gasteiger partial charge in [-0.2, -0.15) is 0 Å². The molecule has 0 aromatic heterocycles.